The molecule has 0 fully saturated rings. The Kier molecular flexibility index (Phi) is 7.96. The van der Waals surface area contributed by atoms with Crippen LogP contribution in [-0.4, -0.2) is 28.7 Å². The number of benzene rings is 2. The number of hydrogen-bond acceptors (Lipinski definition) is 6. The van der Waals surface area contributed by atoms with Crippen molar-refractivity contribution < 1.29 is 9.21 Å². The smallest absolute Gasteiger partial charge is 0.374 e. The average molecular weight is 437 g/mol. The van der Waals surface area contributed by atoms with Crippen molar-refractivity contribution in [1.82, 2.24) is 9.55 Å². The summed E-state index contributed by atoms with van der Waals surface area (Å²) in [6.07, 6.45) is 3.28. The number of unbranched alkanes of at least 4 members (excludes halogenated alkanes) is 2. The van der Waals surface area contributed by atoms with Crippen molar-refractivity contribution in [2.24, 2.45) is 0 Å². The van der Waals surface area contributed by atoms with Gasteiger partial charge in [0.15, 0.2) is 0 Å². The number of aromatic nitrogens is 2. The number of anilines is 3. The number of rotatable bonds is 9. The predicted molar refractivity (Wildman–Crippen MR) is 125 cm³/mol. The minimum absolute atomic E-state index is 0.122. The summed E-state index contributed by atoms with van der Waals surface area (Å²) < 4.78 is 5.84. The molecule has 0 bridgehead atoms. The van der Waals surface area contributed by atoms with Gasteiger partial charge in [0.1, 0.15) is 0 Å². The molecule has 8 heteroatoms. The number of carbonyl (C=O) groups is 1. The highest BCUT2D eigenvalue weighted by Crippen LogP contribution is 2.22. The lowest BCUT2D eigenvalue weighted by atomic mass is 10.2. The Bertz CT molecular complexity index is 1090. The van der Waals surface area contributed by atoms with Gasteiger partial charge in [-0.15, -0.1) is 9.55 Å². The van der Waals surface area contributed by atoms with Gasteiger partial charge in [-0.3, -0.25) is 9.80 Å². The average Bonchev–Trinajstić information content (AvgIpc) is 2.80. The minimum atomic E-state index is -1.06. The highest BCUT2D eigenvalue weighted by Gasteiger charge is 2.24. The van der Waals surface area contributed by atoms with Crippen LogP contribution in [0.3, 0.4) is 0 Å². The SMILES string of the molecule is CCCCN(C(=O)n1c(=O)nc(N(CCCC)c2ccccc2)oc1=O)c1ccccc1. The van der Waals surface area contributed by atoms with Crippen LogP contribution in [-0.2, 0) is 0 Å². The summed E-state index contributed by atoms with van der Waals surface area (Å²) in [5.74, 6) is -1.06. The number of amides is 1. The second-order valence-electron chi connectivity index (χ2n) is 7.34. The third-order valence-electron chi connectivity index (χ3n) is 5.00. The van der Waals surface area contributed by atoms with Crippen molar-refractivity contribution in [3.63, 3.8) is 0 Å². The molecule has 1 amide bonds. The first-order valence-corrected chi connectivity index (χ1v) is 10.9. The summed E-state index contributed by atoms with van der Waals surface area (Å²) in [7, 11) is 0. The van der Waals surface area contributed by atoms with E-state index in [1.165, 1.54) is 4.90 Å². The molecule has 168 valence electrons. The zero-order valence-electron chi connectivity index (χ0n) is 18.4. The summed E-state index contributed by atoms with van der Waals surface area (Å²) in [5, 5.41) is 0. The van der Waals surface area contributed by atoms with Crippen molar-refractivity contribution in [3.8, 4) is 0 Å². The second kappa shape index (κ2) is 11.1. The first-order chi connectivity index (χ1) is 15.6. The van der Waals surface area contributed by atoms with Crippen molar-refractivity contribution in [2.75, 3.05) is 22.9 Å². The molecule has 32 heavy (non-hydrogen) atoms. The number of carbonyl (C=O) groups excluding carboxylic acids is 1. The Balaban J connectivity index is 2.01. The van der Waals surface area contributed by atoms with E-state index in [1.54, 1.807) is 29.2 Å². The molecule has 0 N–H and O–H groups in total. The quantitative estimate of drug-likeness (QED) is 0.494. The lowest BCUT2D eigenvalue weighted by Crippen LogP contribution is -2.48. The van der Waals surface area contributed by atoms with Gasteiger partial charge in [0.2, 0.25) is 0 Å². The molecule has 0 saturated heterocycles. The highest BCUT2D eigenvalue weighted by molar-refractivity contribution is 5.93. The van der Waals surface area contributed by atoms with E-state index in [1.807, 2.05) is 50.2 Å². The van der Waals surface area contributed by atoms with E-state index < -0.39 is 17.5 Å². The topological polar surface area (TPSA) is 88.7 Å². The van der Waals surface area contributed by atoms with E-state index in [4.69, 9.17) is 4.42 Å². The van der Waals surface area contributed by atoms with E-state index in [-0.39, 0.29) is 6.01 Å². The molecule has 0 aliphatic heterocycles. The van der Waals surface area contributed by atoms with Crippen LogP contribution in [0.5, 0.6) is 0 Å². The van der Waals surface area contributed by atoms with Gasteiger partial charge < -0.3 is 4.42 Å². The molecule has 0 aliphatic carbocycles. The molecule has 0 spiro atoms. The van der Waals surface area contributed by atoms with Crippen LogP contribution in [0, 0.1) is 0 Å². The molecular weight excluding hydrogens is 408 g/mol. The monoisotopic (exact) mass is 436 g/mol. The molecule has 3 aromatic rings. The standard InChI is InChI=1S/C24H28N4O4/c1-3-5-17-26(19-13-9-7-10-14-19)22-25-21(29)28(24(31)32-22)23(30)27(18-6-4-2)20-15-11-8-12-16-20/h7-16H,3-6,17-18H2,1-2H3. The van der Waals surface area contributed by atoms with Crippen LogP contribution >= 0.6 is 0 Å². The van der Waals surface area contributed by atoms with E-state index in [9.17, 15) is 14.4 Å². The van der Waals surface area contributed by atoms with Crippen LogP contribution in [0.2, 0.25) is 0 Å². The van der Waals surface area contributed by atoms with Gasteiger partial charge in [-0.25, -0.2) is 14.4 Å². The minimum Gasteiger partial charge on any atom is -0.374 e. The first kappa shape index (κ1) is 23.0. The van der Waals surface area contributed by atoms with E-state index >= 15 is 0 Å². The Morgan fingerprint density at radius 1 is 0.875 bits per heavy atom. The number of para-hydroxylation sites is 2. The predicted octanol–water partition coefficient (Wildman–Crippen LogP) is 4.41. The molecule has 3 rings (SSSR count). The highest BCUT2D eigenvalue weighted by atomic mass is 16.4. The molecule has 0 saturated carbocycles. The second-order valence-corrected chi connectivity index (χ2v) is 7.34. The fourth-order valence-corrected chi connectivity index (χ4v) is 3.27. The maximum Gasteiger partial charge on any atom is 0.434 e. The maximum atomic E-state index is 13.2. The molecule has 2 aromatic carbocycles. The summed E-state index contributed by atoms with van der Waals surface area (Å²) in [6, 6.07) is 17.3. The van der Waals surface area contributed by atoms with Crippen molar-refractivity contribution in [1.29, 1.82) is 0 Å². The van der Waals surface area contributed by atoms with Crippen LogP contribution in [0.4, 0.5) is 22.2 Å². The van der Waals surface area contributed by atoms with E-state index in [0.717, 1.165) is 24.9 Å². The zero-order chi connectivity index (χ0) is 22.9. The van der Waals surface area contributed by atoms with Gasteiger partial charge in [0.25, 0.3) is 0 Å². The molecule has 1 aromatic heterocycles. The van der Waals surface area contributed by atoms with Gasteiger partial charge in [0, 0.05) is 24.5 Å². The fourth-order valence-electron chi connectivity index (χ4n) is 3.27. The summed E-state index contributed by atoms with van der Waals surface area (Å²) in [6.45, 7) is 4.91. The Morgan fingerprint density at radius 2 is 1.44 bits per heavy atom. The van der Waals surface area contributed by atoms with Gasteiger partial charge >= 0.3 is 23.5 Å². The first-order valence-electron chi connectivity index (χ1n) is 10.9. The molecule has 0 radical (unpaired) electrons. The Labute approximate surface area is 186 Å². The Morgan fingerprint density at radius 3 is 2.00 bits per heavy atom. The van der Waals surface area contributed by atoms with Gasteiger partial charge in [-0.2, -0.15) is 0 Å². The summed E-state index contributed by atoms with van der Waals surface area (Å²) in [4.78, 5) is 45.9. The molecular formula is C24H28N4O4. The van der Waals surface area contributed by atoms with Crippen LogP contribution in [0.1, 0.15) is 39.5 Å². The molecule has 0 aliphatic rings. The normalized spacial score (nSPS) is 10.7. The molecule has 0 unspecified atom stereocenters. The van der Waals surface area contributed by atoms with Crippen LogP contribution in [0.15, 0.2) is 74.7 Å². The van der Waals surface area contributed by atoms with Gasteiger partial charge in [-0.05, 0) is 37.1 Å². The molecule has 1 heterocycles. The Hall–Kier alpha value is -3.68. The zero-order valence-corrected chi connectivity index (χ0v) is 18.4. The molecule has 8 nitrogen and oxygen atoms in total. The number of nitrogens with zero attached hydrogens (tertiary/aromatic N) is 4. The van der Waals surface area contributed by atoms with E-state index in [0.29, 0.717) is 29.8 Å². The lowest BCUT2D eigenvalue weighted by molar-refractivity contribution is 0.242. The van der Waals surface area contributed by atoms with Crippen LogP contribution in [0.25, 0.3) is 0 Å². The van der Waals surface area contributed by atoms with Gasteiger partial charge in [0.05, 0.1) is 0 Å². The number of hydrogen-bond donors (Lipinski definition) is 0. The van der Waals surface area contributed by atoms with Crippen molar-refractivity contribution in [3.05, 3.63) is 81.7 Å². The lowest BCUT2D eigenvalue weighted by Gasteiger charge is -2.23. The third kappa shape index (κ3) is 5.32. The summed E-state index contributed by atoms with van der Waals surface area (Å²) in [5.41, 5.74) is 0.375. The van der Waals surface area contributed by atoms with Gasteiger partial charge in [-0.1, -0.05) is 63.1 Å². The van der Waals surface area contributed by atoms with Crippen molar-refractivity contribution >= 4 is 23.4 Å². The third-order valence-corrected chi connectivity index (χ3v) is 5.00. The van der Waals surface area contributed by atoms with Crippen LogP contribution < -0.4 is 21.2 Å². The van der Waals surface area contributed by atoms with Crippen molar-refractivity contribution in [2.45, 2.75) is 39.5 Å². The summed E-state index contributed by atoms with van der Waals surface area (Å²) >= 11 is 0. The fraction of sp³-hybridized carbons (Fsp3) is 0.333. The largest absolute Gasteiger partial charge is 0.434 e. The molecule has 0 atom stereocenters. The maximum absolute atomic E-state index is 13.2. The van der Waals surface area contributed by atoms with E-state index in [2.05, 4.69) is 4.98 Å².